The third kappa shape index (κ3) is 3.35. The van der Waals surface area contributed by atoms with Gasteiger partial charge in [0, 0.05) is 10.0 Å². The van der Waals surface area contributed by atoms with Crippen molar-refractivity contribution in [2.75, 3.05) is 0 Å². The van der Waals surface area contributed by atoms with Crippen molar-refractivity contribution >= 4 is 23.2 Å². The van der Waals surface area contributed by atoms with Gasteiger partial charge in [0.2, 0.25) is 0 Å². The average Bonchev–Trinajstić information content (AvgIpc) is 2.72. The fraction of sp³-hybridized carbons (Fsp3) is 0.0400. The van der Waals surface area contributed by atoms with Crippen LogP contribution in [0.1, 0.15) is 22.3 Å². The molecule has 2 N–H and O–H groups in total. The molecule has 0 unspecified atom stereocenters. The van der Waals surface area contributed by atoms with Crippen LogP contribution in [0.25, 0.3) is 0 Å². The van der Waals surface area contributed by atoms with E-state index in [1.165, 1.54) is 12.1 Å². The molecule has 0 aromatic heterocycles. The lowest BCUT2D eigenvalue weighted by Gasteiger charge is -2.38. The van der Waals surface area contributed by atoms with Crippen LogP contribution in [0.15, 0.2) is 97.1 Å². The quantitative estimate of drug-likeness (QED) is 0.356. The topological polar surface area (TPSA) is 40.5 Å². The zero-order chi connectivity index (χ0) is 20.4. The van der Waals surface area contributed by atoms with Gasteiger partial charge in [0.25, 0.3) is 0 Å². The standard InChI is InChI=1S/C25H18Cl2O2/c26-23-15-19(28)11-13-21(23)25(17-7-3-1-4-8-17,18-9-5-2-6-10-18)22-14-12-20(29)16-24(22)27/h1-16,28-29H. The van der Waals surface area contributed by atoms with Gasteiger partial charge in [-0.15, -0.1) is 0 Å². The summed E-state index contributed by atoms with van der Waals surface area (Å²) in [6, 6.07) is 29.8. The minimum absolute atomic E-state index is 0.0885. The maximum atomic E-state index is 9.96. The van der Waals surface area contributed by atoms with Gasteiger partial charge >= 0.3 is 0 Å². The number of hydrogen-bond acceptors (Lipinski definition) is 2. The molecule has 0 saturated heterocycles. The molecule has 4 rings (SSSR count). The Hall–Kier alpha value is -2.94. The number of aromatic hydroxyl groups is 2. The highest BCUT2D eigenvalue weighted by molar-refractivity contribution is 6.33. The van der Waals surface area contributed by atoms with Gasteiger partial charge in [-0.3, -0.25) is 0 Å². The van der Waals surface area contributed by atoms with Crippen LogP contribution in [0.5, 0.6) is 11.5 Å². The van der Waals surface area contributed by atoms with E-state index in [9.17, 15) is 10.2 Å². The first kappa shape index (κ1) is 19.4. The molecule has 0 saturated carbocycles. The second-order valence-electron chi connectivity index (χ2n) is 6.81. The van der Waals surface area contributed by atoms with Gasteiger partial charge < -0.3 is 10.2 Å². The van der Waals surface area contributed by atoms with Crippen LogP contribution in [-0.2, 0) is 5.41 Å². The Morgan fingerprint density at radius 3 is 1.24 bits per heavy atom. The van der Waals surface area contributed by atoms with Crippen LogP contribution in [0.3, 0.4) is 0 Å². The lowest BCUT2D eigenvalue weighted by Crippen LogP contribution is -2.31. The first-order chi connectivity index (χ1) is 14.0. The van der Waals surface area contributed by atoms with Crippen molar-refractivity contribution in [3.63, 3.8) is 0 Å². The predicted molar refractivity (Wildman–Crippen MR) is 118 cm³/mol. The normalized spacial score (nSPS) is 11.4. The zero-order valence-electron chi connectivity index (χ0n) is 15.4. The largest absolute Gasteiger partial charge is 0.508 e. The van der Waals surface area contributed by atoms with Crippen molar-refractivity contribution in [3.8, 4) is 11.5 Å². The van der Waals surface area contributed by atoms with Crippen molar-refractivity contribution < 1.29 is 10.2 Å². The maximum Gasteiger partial charge on any atom is 0.117 e. The van der Waals surface area contributed by atoms with Gasteiger partial charge in [0.1, 0.15) is 11.5 Å². The van der Waals surface area contributed by atoms with Crippen LogP contribution in [0.2, 0.25) is 10.0 Å². The second kappa shape index (κ2) is 7.82. The molecule has 0 heterocycles. The number of benzene rings is 4. The van der Waals surface area contributed by atoms with Crippen LogP contribution in [0.4, 0.5) is 0 Å². The number of phenols is 2. The summed E-state index contributed by atoms with van der Waals surface area (Å²) in [5, 5.41) is 20.8. The van der Waals surface area contributed by atoms with Gasteiger partial charge in [-0.25, -0.2) is 0 Å². The Balaban J connectivity index is 2.20. The highest BCUT2D eigenvalue weighted by Crippen LogP contribution is 2.50. The van der Waals surface area contributed by atoms with E-state index in [2.05, 4.69) is 0 Å². The Kier molecular flexibility index (Phi) is 5.23. The van der Waals surface area contributed by atoms with Crippen molar-refractivity contribution in [2.45, 2.75) is 5.41 Å². The Bertz CT molecular complexity index is 1050. The monoisotopic (exact) mass is 420 g/mol. The minimum atomic E-state index is -0.849. The van der Waals surface area contributed by atoms with Crippen LogP contribution >= 0.6 is 23.2 Å². The van der Waals surface area contributed by atoms with E-state index in [1.54, 1.807) is 12.1 Å². The van der Waals surface area contributed by atoms with Gasteiger partial charge in [0.05, 0.1) is 5.41 Å². The molecule has 4 aromatic carbocycles. The zero-order valence-corrected chi connectivity index (χ0v) is 16.9. The van der Waals surface area contributed by atoms with E-state index >= 15 is 0 Å². The second-order valence-corrected chi connectivity index (χ2v) is 7.62. The van der Waals surface area contributed by atoms with E-state index < -0.39 is 5.41 Å². The summed E-state index contributed by atoms with van der Waals surface area (Å²) in [7, 11) is 0. The Morgan fingerprint density at radius 2 is 0.897 bits per heavy atom. The summed E-state index contributed by atoms with van der Waals surface area (Å²) >= 11 is 13.4. The fourth-order valence-electron chi connectivity index (χ4n) is 3.93. The first-order valence-electron chi connectivity index (χ1n) is 9.12. The van der Waals surface area contributed by atoms with Crippen molar-refractivity contribution in [2.24, 2.45) is 0 Å². The van der Waals surface area contributed by atoms with E-state index in [-0.39, 0.29) is 11.5 Å². The van der Waals surface area contributed by atoms with Crippen molar-refractivity contribution in [1.82, 2.24) is 0 Å². The molecule has 0 bridgehead atoms. The summed E-state index contributed by atoms with van der Waals surface area (Å²) < 4.78 is 0. The summed E-state index contributed by atoms with van der Waals surface area (Å²) in [6.45, 7) is 0. The van der Waals surface area contributed by atoms with Crippen molar-refractivity contribution in [1.29, 1.82) is 0 Å². The molecule has 0 aliphatic rings. The molecule has 29 heavy (non-hydrogen) atoms. The SMILES string of the molecule is Oc1ccc(C(c2ccccc2)(c2ccccc2)c2ccc(O)cc2Cl)c(Cl)c1. The van der Waals surface area contributed by atoms with E-state index in [4.69, 9.17) is 23.2 Å². The summed E-state index contributed by atoms with van der Waals surface area (Å²) in [6.07, 6.45) is 0. The number of rotatable bonds is 4. The van der Waals surface area contributed by atoms with Gasteiger partial charge in [-0.1, -0.05) is 96.0 Å². The van der Waals surface area contributed by atoms with Crippen LogP contribution in [0, 0.1) is 0 Å². The fourth-order valence-corrected chi connectivity index (χ4v) is 4.56. The lowest BCUT2D eigenvalue weighted by molar-refractivity contribution is 0.475. The van der Waals surface area contributed by atoms with Gasteiger partial charge in [-0.05, 0) is 46.5 Å². The summed E-state index contributed by atoms with van der Waals surface area (Å²) in [5.41, 5.74) is 2.64. The van der Waals surface area contributed by atoms with E-state index in [0.29, 0.717) is 10.0 Å². The lowest BCUT2D eigenvalue weighted by atomic mass is 9.65. The molecule has 4 heteroatoms. The molecule has 0 atom stereocenters. The maximum absolute atomic E-state index is 9.96. The molecular formula is C25H18Cl2O2. The Labute approximate surface area is 179 Å². The third-order valence-electron chi connectivity index (χ3n) is 5.13. The van der Waals surface area contributed by atoms with Gasteiger partial charge in [0.15, 0.2) is 0 Å². The molecule has 144 valence electrons. The molecule has 4 aromatic rings. The smallest absolute Gasteiger partial charge is 0.117 e. The number of phenolic OH excluding ortho intramolecular Hbond substituents is 2. The predicted octanol–water partition coefficient (Wildman–Crippen LogP) is 6.79. The first-order valence-corrected chi connectivity index (χ1v) is 9.88. The van der Waals surface area contributed by atoms with E-state index in [1.807, 2.05) is 72.8 Å². The van der Waals surface area contributed by atoms with Crippen LogP contribution in [-0.4, -0.2) is 10.2 Å². The van der Waals surface area contributed by atoms with E-state index in [0.717, 1.165) is 22.3 Å². The summed E-state index contributed by atoms with van der Waals surface area (Å²) in [5.74, 6) is 0.177. The van der Waals surface area contributed by atoms with Crippen LogP contribution < -0.4 is 0 Å². The van der Waals surface area contributed by atoms with Gasteiger partial charge in [-0.2, -0.15) is 0 Å². The molecule has 0 aliphatic heterocycles. The number of hydrogen-bond donors (Lipinski definition) is 2. The average molecular weight is 421 g/mol. The highest BCUT2D eigenvalue weighted by atomic mass is 35.5. The number of halogens is 2. The molecular weight excluding hydrogens is 403 g/mol. The summed E-state index contributed by atoms with van der Waals surface area (Å²) in [4.78, 5) is 0. The molecule has 0 amide bonds. The highest BCUT2D eigenvalue weighted by Gasteiger charge is 2.41. The molecule has 0 radical (unpaired) electrons. The molecule has 0 aliphatic carbocycles. The third-order valence-corrected chi connectivity index (χ3v) is 5.75. The molecule has 0 spiro atoms. The minimum Gasteiger partial charge on any atom is -0.508 e. The molecule has 0 fully saturated rings. The Morgan fingerprint density at radius 1 is 0.517 bits per heavy atom. The van der Waals surface area contributed by atoms with Crippen molar-refractivity contribution in [3.05, 3.63) is 129 Å². The molecule has 2 nitrogen and oxygen atoms in total.